The monoisotopic (exact) mass is 437 g/mol. The molecule has 0 saturated heterocycles. The molecule has 2 heterocycles. The highest BCUT2D eigenvalue weighted by Crippen LogP contribution is 2.33. The Bertz CT molecular complexity index is 1210. The quantitative estimate of drug-likeness (QED) is 0.411. The van der Waals surface area contributed by atoms with Crippen LogP contribution in [0.2, 0.25) is 10.0 Å². The van der Waals surface area contributed by atoms with Crippen LogP contribution in [0.1, 0.15) is 21.5 Å². The number of hydrogen-bond donors (Lipinski definition) is 1. The molecule has 2 aromatic carbocycles. The Hall–Kier alpha value is -3.15. The fourth-order valence-corrected chi connectivity index (χ4v) is 3.70. The van der Waals surface area contributed by atoms with Gasteiger partial charge in [-0.3, -0.25) is 14.8 Å². The van der Waals surface area contributed by atoms with Gasteiger partial charge in [0, 0.05) is 35.1 Å². The molecule has 0 radical (unpaired) electrons. The van der Waals surface area contributed by atoms with Crippen molar-refractivity contribution in [2.45, 2.75) is 13.5 Å². The van der Waals surface area contributed by atoms with E-state index < -0.39 is 5.91 Å². The molecule has 5 nitrogen and oxygen atoms in total. The van der Waals surface area contributed by atoms with Crippen molar-refractivity contribution < 1.29 is 9.53 Å². The number of hydrogen-bond acceptors (Lipinski definition) is 4. The van der Waals surface area contributed by atoms with Crippen LogP contribution in [-0.4, -0.2) is 15.9 Å². The highest BCUT2D eigenvalue weighted by molar-refractivity contribution is 6.40. The Morgan fingerprint density at radius 1 is 1.03 bits per heavy atom. The number of para-hydroxylation sites is 1. The van der Waals surface area contributed by atoms with Crippen molar-refractivity contribution in [3.05, 3.63) is 93.9 Å². The van der Waals surface area contributed by atoms with E-state index in [9.17, 15) is 4.79 Å². The zero-order valence-electron chi connectivity index (χ0n) is 16.0. The maximum absolute atomic E-state index is 12.8. The molecule has 4 aromatic rings. The number of halogens is 2. The molecule has 0 atom stereocenters. The van der Waals surface area contributed by atoms with Gasteiger partial charge >= 0.3 is 0 Å². The second kappa shape index (κ2) is 8.69. The second-order valence-corrected chi connectivity index (χ2v) is 7.49. The summed E-state index contributed by atoms with van der Waals surface area (Å²) >= 11 is 12.3. The summed E-state index contributed by atoms with van der Waals surface area (Å²) in [7, 11) is 0. The third kappa shape index (κ3) is 4.08. The van der Waals surface area contributed by atoms with E-state index in [-0.39, 0.29) is 15.6 Å². The van der Waals surface area contributed by atoms with Crippen LogP contribution in [-0.2, 0) is 6.61 Å². The van der Waals surface area contributed by atoms with Crippen molar-refractivity contribution in [2.75, 3.05) is 5.32 Å². The number of nitrogens with one attached hydrogen (secondary N) is 1. The van der Waals surface area contributed by atoms with Crippen LogP contribution >= 0.6 is 23.2 Å². The predicted molar refractivity (Wildman–Crippen MR) is 119 cm³/mol. The van der Waals surface area contributed by atoms with Crippen molar-refractivity contribution in [3.8, 4) is 5.75 Å². The standard InChI is InChI=1S/C23H17Cl2N3O2/c1-14-11-27-21-16(22(14)30-13-15-5-4-10-26-12-15)6-2-9-19(21)28-23(29)20-17(24)7-3-8-18(20)25/h2-12H,13H2,1H3,(H,28,29). The van der Waals surface area contributed by atoms with E-state index in [1.54, 1.807) is 42.9 Å². The number of benzene rings is 2. The van der Waals surface area contributed by atoms with Gasteiger partial charge in [0.2, 0.25) is 0 Å². The average Bonchev–Trinajstić information content (AvgIpc) is 2.74. The topological polar surface area (TPSA) is 64.1 Å². The third-order valence-corrected chi connectivity index (χ3v) is 5.20. The summed E-state index contributed by atoms with van der Waals surface area (Å²) in [6.07, 6.45) is 5.20. The SMILES string of the molecule is Cc1cnc2c(NC(=O)c3c(Cl)cccc3Cl)cccc2c1OCc1cccnc1. The molecular weight excluding hydrogens is 421 g/mol. The Labute approximate surface area is 183 Å². The van der Waals surface area contributed by atoms with Gasteiger partial charge in [-0.1, -0.05) is 41.4 Å². The molecule has 0 aliphatic heterocycles. The lowest BCUT2D eigenvalue weighted by Gasteiger charge is -2.15. The number of nitrogens with zero attached hydrogens (tertiary/aromatic N) is 2. The van der Waals surface area contributed by atoms with Gasteiger partial charge < -0.3 is 10.1 Å². The molecule has 0 spiro atoms. The molecule has 0 saturated carbocycles. The average molecular weight is 438 g/mol. The number of amides is 1. The van der Waals surface area contributed by atoms with E-state index in [4.69, 9.17) is 27.9 Å². The molecule has 30 heavy (non-hydrogen) atoms. The van der Waals surface area contributed by atoms with Crippen LogP contribution in [0.3, 0.4) is 0 Å². The maximum Gasteiger partial charge on any atom is 0.258 e. The number of carbonyl (C=O) groups excluding carboxylic acids is 1. The van der Waals surface area contributed by atoms with Gasteiger partial charge in [-0.05, 0) is 37.3 Å². The van der Waals surface area contributed by atoms with Crippen molar-refractivity contribution in [2.24, 2.45) is 0 Å². The Morgan fingerprint density at radius 2 is 1.80 bits per heavy atom. The van der Waals surface area contributed by atoms with Gasteiger partial charge in [-0.2, -0.15) is 0 Å². The number of anilines is 1. The number of fused-ring (bicyclic) bond motifs is 1. The molecule has 0 aliphatic carbocycles. The Kier molecular flexibility index (Phi) is 5.84. The predicted octanol–water partition coefficient (Wildman–Crippen LogP) is 6.08. The van der Waals surface area contributed by atoms with Crippen molar-refractivity contribution in [1.29, 1.82) is 0 Å². The van der Waals surface area contributed by atoms with Gasteiger partial charge in [-0.25, -0.2) is 0 Å². The van der Waals surface area contributed by atoms with Crippen LogP contribution in [0.15, 0.2) is 67.1 Å². The first-order chi connectivity index (χ1) is 14.5. The summed E-state index contributed by atoms with van der Waals surface area (Å²) in [6.45, 7) is 2.30. The van der Waals surface area contributed by atoms with Crippen molar-refractivity contribution in [3.63, 3.8) is 0 Å². The summed E-state index contributed by atoms with van der Waals surface area (Å²) in [5.74, 6) is 0.300. The fourth-order valence-electron chi connectivity index (χ4n) is 3.13. The fraction of sp³-hybridized carbons (Fsp3) is 0.0870. The lowest BCUT2D eigenvalue weighted by molar-refractivity contribution is 0.102. The normalized spacial score (nSPS) is 10.8. The first kappa shape index (κ1) is 20.1. The lowest BCUT2D eigenvalue weighted by Crippen LogP contribution is -2.13. The minimum absolute atomic E-state index is 0.220. The molecule has 0 bridgehead atoms. The molecular formula is C23H17Cl2N3O2. The third-order valence-electron chi connectivity index (χ3n) is 4.57. The maximum atomic E-state index is 12.8. The highest BCUT2D eigenvalue weighted by Gasteiger charge is 2.17. The van der Waals surface area contributed by atoms with Crippen LogP contribution in [0.4, 0.5) is 5.69 Å². The van der Waals surface area contributed by atoms with E-state index in [0.717, 1.165) is 16.5 Å². The molecule has 0 unspecified atom stereocenters. The highest BCUT2D eigenvalue weighted by atomic mass is 35.5. The zero-order valence-corrected chi connectivity index (χ0v) is 17.5. The lowest BCUT2D eigenvalue weighted by atomic mass is 10.1. The number of carbonyl (C=O) groups is 1. The smallest absolute Gasteiger partial charge is 0.258 e. The molecule has 1 N–H and O–H groups in total. The van der Waals surface area contributed by atoms with Gasteiger partial charge in [0.15, 0.2) is 0 Å². The molecule has 150 valence electrons. The summed E-state index contributed by atoms with van der Waals surface area (Å²) in [5.41, 5.74) is 3.22. The van der Waals surface area contributed by atoms with E-state index in [1.807, 2.05) is 31.2 Å². The van der Waals surface area contributed by atoms with Gasteiger partial charge in [0.05, 0.1) is 26.8 Å². The van der Waals surface area contributed by atoms with Crippen LogP contribution in [0.25, 0.3) is 10.9 Å². The first-order valence-electron chi connectivity index (χ1n) is 9.20. The van der Waals surface area contributed by atoms with E-state index in [1.165, 1.54) is 0 Å². The summed E-state index contributed by atoms with van der Waals surface area (Å²) in [5, 5.41) is 4.22. The van der Waals surface area contributed by atoms with E-state index in [2.05, 4.69) is 15.3 Å². The van der Waals surface area contributed by atoms with Crippen molar-refractivity contribution in [1.82, 2.24) is 9.97 Å². The number of pyridine rings is 2. The van der Waals surface area contributed by atoms with E-state index in [0.29, 0.717) is 23.6 Å². The molecule has 1 amide bonds. The van der Waals surface area contributed by atoms with Gasteiger partial charge in [-0.15, -0.1) is 0 Å². The number of ether oxygens (including phenoxy) is 1. The summed E-state index contributed by atoms with van der Waals surface area (Å²) in [6, 6.07) is 14.3. The summed E-state index contributed by atoms with van der Waals surface area (Å²) < 4.78 is 6.08. The minimum atomic E-state index is -0.404. The number of aryl methyl sites for hydroxylation is 1. The number of aromatic nitrogens is 2. The molecule has 4 rings (SSSR count). The number of rotatable bonds is 5. The molecule has 0 aliphatic rings. The summed E-state index contributed by atoms with van der Waals surface area (Å²) in [4.78, 5) is 21.4. The Morgan fingerprint density at radius 3 is 2.53 bits per heavy atom. The zero-order chi connectivity index (χ0) is 21.1. The van der Waals surface area contributed by atoms with Crippen molar-refractivity contribution >= 4 is 45.7 Å². The first-order valence-corrected chi connectivity index (χ1v) is 9.95. The molecule has 0 fully saturated rings. The molecule has 2 aromatic heterocycles. The molecule has 7 heteroatoms. The van der Waals surface area contributed by atoms with E-state index >= 15 is 0 Å². The van der Waals surface area contributed by atoms with Crippen LogP contribution in [0.5, 0.6) is 5.75 Å². The largest absolute Gasteiger partial charge is 0.488 e. The van der Waals surface area contributed by atoms with Gasteiger partial charge in [0.1, 0.15) is 12.4 Å². The van der Waals surface area contributed by atoms with Gasteiger partial charge in [0.25, 0.3) is 5.91 Å². The van der Waals surface area contributed by atoms with Crippen LogP contribution < -0.4 is 10.1 Å². The van der Waals surface area contributed by atoms with Crippen LogP contribution in [0, 0.1) is 6.92 Å². The minimum Gasteiger partial charge on any atom is -0.488 e. The Balaban J connectivity index is 1.68. The second-order valence-electron chi connectivity index (χ2n) is 6.67.